The van der Waals surface area contributed by atoms with Gasteiger partial charge in [0, 0.05) is 40.1 Å². The molecule has 0 radical (unpaired) electrons. The van der Waals surface area contributed by atoms with Gasteiger partial charge in [-0.1, -0.05) is 117 Å². The predicted octanol–water partition coefficient (Wildman–Crippen LogP) is 9.89. The molecule has 0 fully saturated rings. The summed E-state index contributed by atoms with van der Waals surface area (Å²) in [7, 11) is 0. The van der Waals surface area contributed by atoms with Gasteiger partial charge in [0.2, 0.25) is 0 Å². The molecular weight excluding hydrogens is 474 g/mol. The van der Waals surface area contributed by atoms with Crippen LogP contribution >= 0.6 is 0 Å². The van der Waals surface area contributed by atoms with Crippen molar-refractivity contribution >= 4 is 0 Å². The maximum atomic E-state index is 6.65. The van der Waals surface area contributed by atoms with Crippen molar-refractivity contribution in [3.8, 4) is 61.7 Å². The number of aromatic nitrogens is 1. The first-order valence-electron chi connectivity index (χ1n) is 13.5. The summed E-state index contributed by atoms with van der Waals surface area (Å²) in [5.41, 5.74) is 13.3. The van der Waals surface area contributed by atoms with E-state index in [1.165, 1.54) is 55.6 Å². The number of ether oxygens (including phenoxy) is 1. The van der Waals surface area contributed by atoms with Gasteiger partial charge in [0.05, 0.1) is 5.69 Å². The average molecular weight is 502 g/mol. The van der Waals surface area contributed by atoms with Crippen LogP contribution in [0, 0.1) is 0 Å². The lowest BCUT2D eigenvalue weighted by Gasteiger charge is -2.35. The third-order valence-electron chi connectivity index (χ3n) is 8.49. The molecule has 0 amide bonds. The Morgan fingerprint density at radius 1 is 0.462 bits per heavy atom. The quantitative estimate of drug-likeness (QED) is 0.218. The fraction of sp³-hybridized carbons (Fsp3) is 0.0811. The van der Waals surface area contributed by atoms with Crippen LogP contribution in [0.5, 0.6) is 11.5 Å². The molecule has 0 saturated heterocycles. The summed E-state index contributed by atoms with van der Waals surface area (Å²) in [6, 6.07) is 41.2. The number of rotatable bonds is 1. The normalized spacial score (nSPS) is 13.8. The lowest BCUT2D eigenvalue weighted by Crippen LogP contribution is -2.24. The van der Waals surface area contributed by atoms with Crippen LogP contribution in [0.2, 0.25) is 0 Å². The highest BCUT2D eigenvalue weighted by atomic mass is 16.5. The molecule has 8 rings (SSSR count). The molecule has 39 heavy (non-hydrogen) atoms. The molecule has 5 aromatic carbocycles. The summed E-state index contributed by atoms with van der Waals surface area (Å²) in [5.74, 6) is 1.85. The largest absolute Gasteiger partial charge is 0.455 e. The first-order chi connectivity index (χ1) is 19.1. The van der Waals surface area contributed by atoms with Crippen molar-refractivity contribution in [2.75, 3.05) is 0 Å². The molecule has 1 aliphatic heterocycles. The topological polar surface area (TPSA) is 14.2 Å². The first-order valence-corrected chi connectivity index (χ1v) is 13.5. The van der Waals surface area contributed by atoms with Crippen molar-refractivity contribution < 1.29 is 4.74 Å². The Balaban J connectivity index is 1.41. The standard InChI is InChI=1S/C37H27NO/c1-37(2)32-18-9-10-21-35(32)39-36-33(37)19-11-20-34(36)38-22-30-28-16-7-5-14-26(28)24-12-3-4-13-25(24)27-15-6-8-17-29(27)31(30)23-38/h3-23H,1-2H3. The van der Waals surface area contributed by atoms with Crippen LogP contribution in [-0.4, -0.2) is 4.57 Å². The van der Waals surface area contributed by atoms with Crippen LogP contribution in [0.3, 0.4) is 0 Å². The lowest BCUT2D eigenvalue weighted by molar-refractivity contribution is 0.416. The molecule has 0 N–H and O–H groups in total. The van der Waals surface area contributed by atoms with E-state index in [0.717, 1.165) is 17.2 Å². The zero-order valence-electron chi connectivity index (χ0n) is 22.0. The maximum Gasteiger partial charge on any atom is 0.155 e. The molecule has 1 aliphatic carbocycles. The molecule has 186 valence electrons. The number of para-hydroxylation sites is 2. The summed E-state index contributed by atoms with van der Waals surface area (Å²) in [4.78, 5) is 0. The van der Waals surface area contributed by atoms with E-state index in [4.69, 9.17) is 4.74 Å². The summed E-state index contributed by atoms with van der Waals surface area (Å²) in [6.07, 6.45) is 4.57. The van der Waals surface area contributed by atoms with Gasteiger partial charge in [0.15, 0.2) is 5.75 Å². The second-order valence-electron chi connectivity index (χ2n) is 11.0. The molecule has 0 bridgehead atoms. The Morgan fingerprint density at radius 2 is 0.897 bits per heavy atom. The Kier molecular flexibility index (Phi) is 4.60. The highest BCUT2D eigenvalue weighted by Crippen LogP contribution is 2.52. The zero-order valence-corrected chi connectivity index (χ0v) is 22.0. The number of benzene rings is 5. The summed E-state index contributed by atoms with van der Waals surface area (Å²) in [5, 5.41) is 0. The molecule has 1 aromatic heterocycles. The van der Waals surface area contributed by atoms with E-state index in [0.29, 0.717) is 0 Å². The number of nitrogens with zero attached hydrogens (tertiary/aromatic N) is 1. The predicted molar refractivity (Wildman–Crippen MR) is 160 cm³/mol. The van der Waals surface area contributed by atoms with Gasteiger partial charge in [0.1, 0.15) is 5.75 Å². The van der Waals surface area contributed by atoms with E-state index in [1.807, 2.05) is 0 Å². The molecule has 2 aliphatic rings. The van der Waals surface area contributed by atoms with Crippen LogP contribution in [0.25, 0.3) is 50.2 Å². The highest BCUT2D eigenvalue weighted by molar-refractivity contribution is 6.03. The molecule has 6 aromatic rings. The van der Waals surface area contributed by atoms with E-state index in [9.17, 15) is 0 Å². The van der Waals surface area contributed by atoms with Gasteiger partial charge in [-0.3, -0.25) is 0 Å². The minimum Gasteiger partial charge on any atom is -0.455 e. The van der Waals surface area contributed by atoms with Crippen molar-refractivity contribution in [1.29, 1.82) is 0 Å². The smallest absolute Gasteiger partial charge is 0.155 e. The van der Waals surface area contributed by atoms with E-state index in [-0.39, 0.29) is 5.41 Å². The molecule has 2 nitrogen and oxygen atoms in total. The van der Waals surface area contributed by atoms with Gasteiger partial charge in [-0.25, -0.2) is 0 Å². The van der Waals surface area contributed by atoms with Crippen molar-refractivity contribution in [2.24, 2.45) is 0 Å². The molecule has 0 saturated carbocycles. The van der Waals surface area contributed by atoms with Crippen LogP contribution in [0.15, 0.2) is 128 Å². The molecule has 0 unspecified atom stereocenters. The SMILES string of the molecule is CC1(C)c2ccccc2Oc2c(-n3cc4c(c3)-c3ccccc3-c3ccccc3-c3ccccc3-4)cccc21. The molecule has 0 atom stereocenters. The highest BCUT2D eigenvalue weighted by Gasteiger charge is 2.35. The van der Waals surface area contributed by atoms with Gasteiger partial charge < -0.3 is 9.30 Å². The average Bonchev–Trinajstić information content (AvgIpc) is 3.41. The Morgan fingerprint density at radius 3 is 1.44 bits per heavy atom. The molecule has 2 heteroatoms. The van der Waals surface area contributed by atoms with Gasteiger partial charge in [-0.15, -0.1) is 0 Å². The van der Waals surface area contributed by atoms with Gasteiger partial charge >= 0.3 is 0 Å². The monoisotopic (exact) mass is 501 g/mol. The number of fused-ring (bicyclic) bond motifs is 10. The third kappa shape index (κ3) is 3.15. The molecule has 0 spiro atoms. The Hall–Kier alpha value is -4.82. The number of hydrogen-bond donors (Lipinski definition) is 0. The minimum atomic E-state index is -0.164. The first kappa shape index (κ1) is 22.2. The van der Waals surface area contributed by atoms with E-state index >= 15 is 0 Å². The summed E-state index contributed by atoms with van der Waals surface area (Å²) < 4.78 is 8.91. The van der Waals surface area contributed by atoms with Crippen molar-refractivity contribution in [3.05, 3.63) is 139 Å². The van der Waals surface area contributed by atoms with Crippen LogP contribution in [-0.2, 0) is 5.41 Å². The van der Waals surface area contributed by atoms with Crippen molar-refractivity contribution in [2.45, 2.75) is 19.3 Å². The second kappa shape index (κ2) is 8.09. The van der Waals surface area contributed by atoms with Crippen molar-refractivity contribution in [1.82, 2.24) is 4.57 Å². The van der Waals surface area contributed by atoms with E-state index in [1.54, 1.807) is 0 Å². The Labute approximate surface area is 228 Å². The lowest BCUT2D eigenvalue weighted by atomic mass is 9.75. The molecular formula is C37H27NO. The molecule has 2 heterocycles. The van der Waals surface area contributed by atoms with Gasteiger partial charge in [-0.2, -0.15) is 0 Å². The van der Waals surface area contributed by atoms with E-state index in [2.05, 4.69) is 146 Å². The zero-order chi connectivity index (χ0) is 26.1. The fourth-order valence-corrected chi connectivity index (χ4v) is 6.54. The Bertz CT molecular complexity index is 1840. The van der Waals surface area contributed by atoms with Crippen LogP contribution < -0.4 is 4.74 Å². The minimum absolute atomic E-state index is 0.164. The fourth-order valence-electron chi connectivity index (χ4n) is 6.54. The van der Waals surface area contributed by atoms with Crippen molar-refractivity contribution in [3.63, 3.8) is 0 Å². The third-order valence-corrected chi connectivity index (χ3v) is 8.49. The van der Waals surface area contributed by atoms with Gasteiger partial charge in [-0.05, 0) is 45.5 Å². The van der Waals surface area contributed by atoms with Crippen LogP contribution in [0.4, 0.5) is 0 Å². The summed E-state index contributed by atoms with van der Waals surface area (Å²) >= 11 is 0. The van der Waals surface area contributed by atoms with Crippen LogP contribution in [0.1, 0.15) is 25.0 Å². The number of hydrogen-bond acceptors (Lipinski definition) is 1. The van der Waals surface area contributed by atoms with Gasteiger partial charge in [0.25, 0.3) is 0 Å². The summed E-state index contributed by atoms with van der Waals surface area (Å²) in [6.45, 7) is 4.57. The maximum absolute atomic E-state index is 6.65. The van der Waals surface area contributed by atoms with E-state index < -0.39 is 0 Å². The second-order valence-corrected chi connectivity index (χ2v) is 11.0.